The molecule has 0 bridgehead atoms. The molecule has 0 saturated heterocycles. The van der Waals surface area contributed by atoms with E-state index in [2.05, 4.69) is 11.9 Å². The first-order chi connectivity index (χ1) is 6.66. The van der Waals surface area contributed by atoms with Gasteiger partial charge in [-0.1, -0.05) is 6.92 Å². The molecule has 0 radical (unpaired) electrons. The summed E-state index contributed by atoms with van der Waals surface area (Å²) in [4.78, 5) is 16.9. The van der Waals surface area contributed by atoms with Crippen LogP contribution >= 0.6 is 0 Å². The van der Waals surface area contributed by atoms with Crippen molar-refractivity contribution >= 4 is 5.91 Å². The standard InChI is InChI=1S/C11H16N2O/c1-4-11(13(3)9(2)14)10-5-7-12-8-6-10/h5-8,11H,4H2,1-3H3. The number of aromatic nitrogens is 1. The van der Waals surface area contributed by atoms with Crippen LogP contribution < -0.4 is 0 Å². The zero-order valence-corrected chi connectivity index (χ0v) is 8.90. The maximum Gasteiger partial charge on any atom is 0.219 e. The van der Waals surface area contributed by atoms with Gasteiger partial charge in [0.2, 0.25) is 5.91 Å². The SMILES string of the molecule is CCC(c1ccncc1)N(C)C(C)=O. The normalized spacial score (nSPS) is 12.2. The third-order valence-electron chi connectivity index (χ3n) is 2.44. The molecule has 1 atom stereocenters. The fraction of sp³-hybridized carbons (Fsp3) is 0.455. The van der Waals surface area contributed by atoms with Crippen molar-refractivity contribution in [1.29, 1.82) is 0 Å². The van der Waals surface area contributed by atoms with E-state index in [9.17, 15) is 4.79 Å². The molecule has 3 heteroatoms. The Morgan fingerprint density at radius 3 is 2.50 bits per heavy atom. The Kier molecular flexibility index (Phi) is 3.63. The lowest BCUT2D eigenvalue weighted by atomic mass is 10.0. The number of carbonyl (C=O) groups excluding carboxylic acids is 1. The minimum atomic E-state index is 0.0914. The summed E-state index contributed by atoms with van der Waals surface area (Å²) < 4.78 is 0. The van der Waals surface area contributed by atoms with Crippen molar-refractivity contribution in [3.63, 3.8) is 0 Å². The van der Waals surface area contributed by atoms with E-state index in [1.807, 2.05) is 19.2 Å². The third kappa shape index (κ3) is 2.31. The maximum atomic E-state index is 11.2. The monoisotopic (exact) mass is 192 g/mol. The zero-order chi connectivity index (χ0) is 10.6. The molecule has 1 heterocycles. The van der Waals surface area contributed by atoms with Gasteiger partial charge in [-0.05, 0) is 24.1 Å². The number of amides is 1. The highest BCUT2D eigenvalue weighted by Crippen LogP contribution is 2.21. The second kappa shape index (κ2) is 4.74. The Bertz CT molecular complexity index is 297. The quantitative estimate of drug-likeness (QED) is 0.734. The Labute approximate surface area is 84.8 Å². The lowest BCUT2D eigenvalue weighted by molar-refractivity contribution is -0.129. The lowest BCUT2D eigenvalue weighted by Crippen LogP contribution is -2.28. The summed E-state index contributed by atoms with van der Waals surface area (Å²) in [5.41, 5.74) is 1.14. The minimum Gasteiger partial charge on any atom is -0.339 e. The average molecular weight is 192 g/mol. The summed E-state index contributed by atoms with van der Waals surface area (Å²) >= 11 is 0. The molecule has 0 aliphatic carbocycles. The van der Waals surface area contributed by atoms with Gasteiger partial charge < -0.3 is 4.90 Å². The summed E-state index contributed by atoms with van der Waals surface area (Å²) in [7, 11) is 1.83. The molecule has 0 spiro atoms. The van der Waals surface area contributed by atoms with E-state index in [0.29, 0.717) is 0 Å². The van der Waals surface area contributed by atoms with Crippen LogP contribution in [-0.4, -0.2) is 22.8 Å². The molecule has 0 aliphatic heterocycles. The minimum absolute atomic E-state index is 0.0914. The molecule has 1 aromatic rings. The van der Waals surface area contributed by atoms with Gasteiger partial charge in [0, 0.05) is 26.4 Å². The van der Waals surface area contributed by atoms with Crippen LogP contribution in [0.2, 0.25) is 0 Å². The number of nitrogens with zero attached hydrogens (tertiary/aromatic N) is 2. The van der Waals surface area contributed by atoms with Crippen molar-refractivity contribution in [3.8, 4) is 0 Å². The number of hydrogen-bond acceptors (Lipinski definition) is 2. The largest absolute Gasteiger partial charge is 0.339 e. The Hall–Kier alpha value is -1.38. The second-order valence-corrected chi connectivity index (χ2v) is 3.33. The fourth-order valence-electron chi connectivity index (χ4n) is 1.54. The lowest BCUT2D eigenvalue weighted by Gasteiger charge is -2.26. The van der Waals surface area contributed by atoms with Crippen molar-refractivity contribution in [2.45, 2.75) is 26.3 Å². The van der Waals surface area contributed by atoms with Crippen LogP contribution in [0.25, 0.3) is 0 Å². The van der Waals surface area contributed by atoms with E-state index in [1.165, 1.54) is 0 Å². The molecule has 1 aromatic heterocycles. The summed E-state index contributed by atoms with van der Waals surface area (Å²) in [6.45, 7) is 3.66. The van der Waals surface area contributed by atoms with Crippen LogP contribution in [0.1, 0.15) is 31.9 Å². The molecule has 1 unspecified atom stereocenters. The van der Waals surface area contributed by atoms with Gasteiger partial charge in [-0.2, -0.15) is 0 Å². The van der Waals surface area contributed by atoms with E-state index >= 15 is 0 Å². The van der Waals surface area contributed by atoms with E-state index in [0.717, 1.165) is 12.0 Å². The zero-order valence-electron chi connectivity index (χ0n) is 8.90. The number of pyridine rings is 1. The predicted octanol–water partition coefficient (Wildman–Crippen LogP) is 2.01. The molecule has 76 valence electrons. The highest BCUT2D eigenvalue weighted by molar-refractivity contribution is 5.73. The molecular weight excluding hydrogens is 176 g/mol. The van der Waals surface area contributed by atoms with Crippen molar-refractivity contribution in [1.82, 2.24) is 9.88 Å². The molecule has 0 N–H and O–H groups in total. The third-order valence-corrected chi connectivity index (χ3v) is 2.44. The molecule has 14 heavy (non-hydrogen) atoms. The van der Waals surface area contributed by atoms with E-state index in [1.54, 1.807) is 24.2 Å². The Balaban J connectivity index is 2.87. The number of carbonyl (C=O) groups is 1. The number of rotatable bonds is 3. The molecule has 1 amide bonds. The number of hydrogen-bond donors (Lipinski definition) is 0. The smallest absolute Gasteiger partial charge is 0.219 e. The predicted molar refractivity (Wildman–Crippen MR) is 55.7 cm³/mol. The van der Waals surface area contributed by atoms with Crippen LogP contribution in [0.3, 0.4) is 0 Å². The van der Waals surface area contributed by atoms with Gasteiger partial charge in [0.15, 0.2) is 0 Å². The van der Waals surface area contributed by atoms with E-state index < -0.39 is 0 Å². The first-order valence-electron chi connectivity index (χ1n) is 4.80. The van der Waals surface area contributed by atoms with Gasteiger partial charge in [-0.3, -0.25) is 9.78 Å². The first-order valence-corrected chi connectivity index (χ1v) is 4.80. The molecule has 0 fully saturated rings. The molecule has 1 rings (SSSR count). The average Bonchev–Trinajstić information content (AvgIpc) is 2.20. The highest BCUT2D eigenvalue weighted by Gasteiger charge is 2.16. The van der Waals surface area contributed by atoms with Crippen molar-refractivity contribution < 1.29 is 4.79 Å². The van der Waals surface area contributed by atoms with E-state index in [-0.39, 0.29) is 11.9 Å². The first kappa shape index (κ1) is 10.7. The van der Waals surface area contributed by atoms with Crippen molar-refractivity contribution in [3.05, 3.63) is 30.1 Å². The van der Waals surface area contributed by atoms with Gasteiger partial charge in [-0.15, -0.1) is 0 Å². The van der Waals surface area contributed by atoms with Crippen LogP contribution in [-0.2, 0) is 4.79 Å². The van der Waals surface area contributed by atoms with Crippen LogP contribution in [0.4, 0.5) is 0 Å². The van der Waals surface area contributed by atoms with Crippen LogP contribution in [0.5, 0.6) is 0 Å². The Morgan fingerprint density at radius 1 is 1.50 bits per heavy atom. The van der Waals surface area contributed by atoms with Crippen molar-refractivity contribution in [2.24, 2.45) is 0 Å². The molecule has 3 nitrogen and oxygen atoms in total. The van der Waals surface area contributed by atoms with E-state index in [4.69, 9.17) is 0 Å². The van der Waals surface area contributed by atoms with Gasteiger partial charge >= 0.3 is 0 Å². The summed E-state index contributed by atoms with van der Waals surface area (Å²) in [5.74, 6) is 0.0914. The summed E-state index contributed by atoms with van der Waals surface area (Å²) in [6, 6.07) is 4.07. The molecule has 0 aromatic carbocycles. The summed E-state index contributed by atoms with van der Waals surface area (Å²) in [5, 5.41) is 0. The fourth-order valence-corrected chi connectivity index (χ4v) is 1.54. The molecule has 0 saturated carbocycles. The second-order valence-electron chi connectivity index (χ2n) is 3.33. The van der Waals surface area contributed by atoms with Gasteiger partial charge in [-0.25, -0.2) is 0 Å². The van der Waals surface area contributed by atoms with Gasteiger partial charge in [0.1, 0.15) is 0 Å². The van der Waals surface area contributed by atoms with Crippen LogP contribution in [0.15, 0.2) is 24.5 Å². The van der Waals surface area contributed by atoms with Gasteiger partial charge in [0.25, 0.3) is 0 Å². The molecule has 0 aliphatic rings. The Morgan fingerprint density at radius 2 is 2.07 bits per heavy atom. The highest BCUT2D eigenvalue weighted by atomic mass is 16.2. The summed E-state index contributed by atoms with van der Waals surface area (Å²) in [6.07, 6.45) is 4.43. The van der Waals surface area contributed by atoms with Crippen molar-refractivity contribution in [2.75, 3.05) is 7.05 Å². The maximum absolute atomic E-state index is 11.2. The van der Waals surface area contributed by atoms with Gasteiger partial charge in [0.05, 0.1) is 6.04 Å². The molecular formula is C11H16N2O. The van der Waals surface area contributed by atoms with Crippen LogP contribution in [0, 0.1) is 0 Å². The topological polar surface area (TPSA) is 33.2 Å².